The van der Waals surface area contributed by atoms with Gasteiger partial charge < -0.3 is 5.32 Å². The second-order valence-corrected chi connectivity index (χ2v) is 8.19. The minimum atomic E-state index is 0.647. The standard InChI is InChI=1S/C19H37N/c1-4-7-17-8-10-18(11-9-17)20-15-19(14-16(2)3)12-5-6-13-19/h16-18,20H,4-15H2,1-3H3. The molecule has 1 heteroatoms. The third kappa shape index (κ3) is 4.76. The van der Waals surface area contributed by atoms with E-state index >= 15 is 0 Å². The van der Waals surface area contributed by atoms with Crippen molar-refractivity contribution in [2.75, 3.05) is 6.54 Å². The lowest BCUT2D eigenvalue weighted by molar-refractivity contribution is 0.195. The van der Waals surface area contributed by atoms with Crippen LogP contribution in [0.4, 0.5) is 0 Å². The SMILES string of the molecule is CCCC1CCC(NCC2(CC(C)C)CCCC2)CC1. The number of nitrogens with one attached hydrogen (secondary N) is 1. The predicted molar refractivity (Wildman–Crippen MR) is 89.0 cm³/mol. The topological polar surface area (TPSA) is 12.0 Å². The van der Waals surface area contributed by atoms with Gasteiger partial charge >= 0.3 is 0 Å². The largest absolute Gasteiger partial charge is 0.313 e. The molecule has 1 N–H and O–H groups in total. The molecule has 2 saturated carbocycles. The molecular formula is C19H37N. The van der Waals surface area contributed by atoms with Crippen LogP contribution in [0.2, 0.25) is 0 Å². The molecule has 0 spiro atoms. The Morgan fingerprint density at radius 1 is 1.05 bits per heavy atom. The molecule has 20 heavy (non-hydrogen) atoms. The Kier molecular flexibility index (Phi) is 6.39. The van der Waals surface area contributed by atoms with Gasteiger partial charge in [0.05, 0.1) is 0 Å². The monoisotopic (exact) mass is 279 g/mol. The molecule has 2 fully saturated rings. The summed E-state index contributed by atoms with van der Waals surface area (Å²) in [5, 5.41) is 3.97. The van der Waals surface area contributed by atoms with Crippen molar-refractivity contribution in [3.63, 3.8) is 0 Å². The van der Waals surface area contributed by atoms with Gasteiger partial charge in [0.1, 0.15) is 0 Å². The van der Waals surface area contributed by atoms with Gasteiger partial charge in [-0.3, -0.25) is 0 Å². The van der Waals surface area contributed by atoms with Crippen molar-refractivity contribution in [2.24, 2.45) is 17.3 Å². The Bertz CT molecular complexity index is 257. The van der Waals surface area contributed by atoms with Gasteiger partial charge in [0.2, 0.25) is 0 Å². The number of hydrogen-bond donors (Lipinski definition) is 1. The summed E-state index contributed by atoms with van der Waals surface area (Å²) in [6.45, 7) is 8.43. The fraction of sp³-hybridized carbons (Fsp3) is 1.00. The lowest BCUT2D eigenvalue weighted by atomic mass is 9.77. The van der Waals surface area contributed by atoms with Crippen molar-refractivity contribution >= 4 is 0 Å². The Hall–Kier alpha value is -0.0400. The van der Waals surface area contributed by atoms with E-state index in [0.29, 0.717) is 5.41 Å². The second-order valence-electron chi connectivity index (χ2n) is 8.19. The van der Waals surface area contributed by atoms with E-state index in [9.17, 15) is 0 Å². The minimum absolute atomic E-state index is 0.647. The third-order valence-electron chi connectivity index (χ3n) is 5.81. The van der Waals surface area contributed by atoms with E-state index in [1.54, 1.807) is 0 Å². The lowest BCUT2D eigenvalue weighted by Crippen LogP contribution is -2.41. The summed E-state index contributed by atoms with van der Waals surface area (Å²) in [7, 11) is 0. The predicted octanol–water partition coefficient (Wildman–Crippen LogP) is 5.54. The maximum absolute atomic E-state index is 3.97. The highest BCUT2D eigenvalue weighted by molar-refractivity contribution is 4.89. The van der Waals surface area contributed by atoms with Gasteiger partial charge in [-0.1, -0.05) is 46.5 Å². The molecule has 0 saturated heterocycles. The van der Waals surface area contributed by atoms with E-state index in [1.165, 1.54) is 77.2 Å². The van der Waals surface area contributed by atoms with Crippen molar-refractivity contribution in [2.45, 2.75) is 97.4 Å². The molecule has 1 nitrogen and oxygen atoms in total. The van der Waals surface area contributed by atoms with Crippen molar-refractivity contribution < 1.29 is 0 Å². The normalized spacial score (nSPS) is 30.0. The van der Waals surface area contributed by atoms with Crippen LogP contribution >= 0.6 is 0 Å². The Balaban J connectivity index is 1.73. The Morgan fingerprint density at radius 2 is 1.70 bits per heavy atom. The summed E-state index contributed by atoms with van der Waals surface area (Å²) in [5.41, 5.74) is 0.647. The minimum Gasteiger partial charge on any atom is -0.313 e. The summed E-state index contributed by atoms with van der Waals surface area (Å²) in [6.07, 6.45) is 16.0. The van der Waals surface area contributed by atoms with Gasteiger partial charge in [0, 0.05) is 12.6 Å². The molecule has 0 radical (unpaired) electrons. The van der Waals surface area contributed by atoms with Gasteiger partial charge in [-0.15, -0.1) is 0 Å². The molecule has 0 atom stereocenters. The number of rotatable bonds is 7. The molecular weight excluding hydrogens is 242 g/mol. The molecule has 0 aromatic heterocycles. The van der Waals surface area contributed by atoms with Crippen LogP contribution in [0.5, 0.6) is 0 Å². The van der Waals surface area contributed by atoms with Gasteiger partial charge in [-0.2, -0.15) is 0 Å². The van der Waals surface area contributed by atoms with E-state index in [1.807, 2.05) is 0 Å². The molecule has 118 valence electrons. The van der Waals surface area contributed by atoms with Gasteiger partial charge in [0.25, 0.3) is 0 Å². The van der Waals surface area contributed by atoms with Crippen LogP contribution in [0.15, 0.2) is 0 Å². The molecule has 0 bridgehead atoms. The summed E-state index contributed by atoms with van der Waals surface area (Å²) in [5.74, 6) is 1.89. The number of hydrogen-bond acceptors (Lipinski definition) is 1. The van der Waals surface area contributed by atoms with Crippen molar-refractivity contribution in [1.82, 2.24) is 5.32 Å². The Morgan fingerprint density at radius 3 is 2.25 bits per heavy atom. The fourth-order valence-electron chi connectivity index (χ4n) is 4.87. The van der Waals surface area contributed by atoms with Gasteiger partial charge in [0.15, 0.2) is 0 Å². The third-order valence-corrected chi connectivity index (χ3v) is 5.81. The fourth-order valence-corrected chi connectivity index (χ4v) is 4.87. The molecule has 0 aliphatic heterocycles. The highest BCUT2D eigenvalue weighted by Crippen LogP contribution is 2.43. The second kappa shape index (κ2) is 7.82. The summed E-state index contributed by atoms with van der Waals surface area (Å²) < 4.78 is 0. The first-order valence-corrected chi connectivity index (χ1v) is 9.37. The lowest BCUT2D eigenvalue weighted by Gasteiger charge is -2.35. The molecule has 2 rings (SSSR count). The van der Waals surface area contributed by atoms with E-state index in [4.69, 9.17) is 0 Å². The molecule has 0 aromatic rings. The van der Waals surface area contributed by atoms with Crippen LogP contribution < -0.4 is 5.32 Å². The maximum Gasteiger partial charge on any atom is 0.00674 e. The van der Waals surface area contributed by atoms with Crippen molar-refractivity contribution in [3.05, 3.63) is 0 Å². The first kappa shape index (κ1) is 16.3. The highest BCUT2D eigenvalue weighted by atomic mass is 14.9. The van der Waals surface area contributed by atoms with Crippen LogP contribution in [0, 0.1) is 17.3 Å². The van der Waals surface area contributed by atoms with E-state index < -0.39 is 0 Å². The summed E-state index contributed by atoms with van der Waals surface area (Å²) in [4.78, 5) is 0. The first-order chi connectivity index (χ1) is 9.63. The average molecular weight is 280 g/mol. The van der Waals surface area contributed by atoms with E-state index in [0.717, 1.165) is 17.9 Å². The van der Waals surface area contributed by atoms with Crippen LogP contribution in [-0.4, -0.2) is 12.6 Å². The summed E-state index contributed by atoms with van der Waals surface area (Å²) in [6, 6.07) is 0.827. The maximum atomic E-state index is 3.97. The molecule has 0 amide bonds. The van der Waals surface area contributed by atoms with Crippen LogP contribution in [-0.2, 0) is 0 Å². The zero-order valence-electron chi connectivity index (χ0n) is 14.2. The highest BCUT2D eigenvalue weighted by Gasteiger charge is 2.34. The zero-order valence-corrected chi connectivity index (χ0v) is 14.2. The van der Waals surface area contributed by atoms with Crippen LogP contribution in [0.25, 0.3) is 0 Å². The van der Waals surface area contributed by atoms with Crippen molar-refractivity contribution in [1.29, 1.82) is 0 Å². The molecule has 0 unspecified atom stereocenters. The van der Waals surface area contributed by atoms with E-state index in [2.05, 4.69) is 26.1 Å². The van der Waals surface area contributed by atoms with Gasteiger partial charge in [-0.05, 0) is 62.2 Å². The summed E-state index contributed by atoms with van der Waals surface area (Å²) >= 11 is 0. The van der Waals surface area contributed by atoms with Crippen LogP contribution in [0.3, 0.4) is 0 Å². The van der Waals surface area contributed by atoms with Crippen LogP contribution in [0.1, 0.15) is 91.4 Å². The molecule has 0 heterocycles. The zero-order chi connectivity index (χ0) is 14.4. The molecule has 2 aliphatic carbocycles. The molecule has 2 aliphatic rings. The van der Waals surface area contributed by atoms with Gasteiger partial charge in [-0.25, -0.2) is 0 Å². The van der Waals surface area contributed by atoms with E-state index in [-0.39, 0.29) is 0 Å². The quantitative estimate of drug-likeness (QED) is 0.645. The van der Waals surface area contributed by atoms with Crippen molar-refractivity contribution in [3.8, 4) is 0 Å². The Labute approximate surface area is 127 Å². The first-order valence-electron chi connectivity index (χ1n) is 9.37. The average Bonchev–Trinajstić information content (AvgIpc) is 2.86. The smallest absolute Gasteiger partial charge is 0.00674 e. The molecule has 0 aromatic carbocycles.